The van der Waals surface area contributed by atoms with E-state index in [4.69, 9.17) is 0 Å². The van der Waals surface area contributed by atoms with E-state index in [2.05, 4.69) is 15.3 Å². The number of Topliss-reactive ketones (excluding diaryl/α,β-unsaturated/α-hetero) is 1. The summed E-state index contributed by atoms with van der Waals surface area (Å²) < 4.78 is 0. The van der Waals surface area contributed by atoms with Gasteiger partial charge in [0.05, 0.1) is 17.9 Å². The van der Waals surface area contributed by atoms with Gasteiger partial charge in [0, 0.05) is 6.20 Å². The third kappa shape index (κ3) is 3.17. The van der Waals surface area contributed by atoms with E-state index in [-0.39, 0.29) is 11.3 Å². The number of aryl methyl sites for hydroxylation is 2. The van der Waals surface area contributed by atoms with Crippen LogP contribution in [0, 0.1) is 6.92 Å². The Morgan fingerprint density at radius 3 is 2.58 bits per heavy atom. The first-order valence-electron chi connectivity index (χ1n) is 7.67. The molecule has 1 aromatic carbocycles. The average Bonchev–Trinajstić information content (AvgIpc) is 2.88. The van der Waals surface area contributed by atoms with Crippen molar-refractivity contribution in [1.29, 1.82) is 0 Å². The molecule has 1 fully saturated rings. The second-order valence-electron chi connectivity index (χ2n) is 5.68. The zero-order valence-electron chi connectivity index (χ0n) is 13.2. The van der Waals surface area contributed by atoms with Gasteiger partial charge in [-0.25, -0.2) is 4.98 Å². The van der Waals surface area contributed by atoms with Crippen LogP contribution in [0.5, 0.6) is 0 Å². The quantitative estimate of drug-likeness (QED) is 0.508. The lowest BCUT2D eigenvalue weighted by atomic mass is 10.0. The molecule has 6 heteroatoms. The van der Waals surface area contributed by atoms with Gasteiger partial charge in [-0.15, -0.1) is 0 Å². The smallest absolute Gasteiger partial charge is 0.259 e. The van der Waals surface area contributed by atoms with Crippen molar-refractivity contribution in [3.63, 3.8) is 0 Å². The molecule has 1 aliphatic rings. The average molecular weight is 323 g/mol. The molecule has 3 rings (SSSR count). The summed E-state index contributed by atoms with van der Waals surface area (Å²) in [7, 11) is 0. The summed E-state index contributed by atoms with van der Waals surface area (Å²) in [6, 6.07) is 9.09. The Balaban J connectivity index is 1.78. The molecule has 0 aliphatic carbocycles. The summed E-state index contributed by atoms with van der Waals surface area (Å²) in [4.78, 5) is 32.6. The summed E-state index contributed by atoms with van der Waals surface area (Å²) >= 11 is 0. The van der Waals surface area contributed by atoms with Crippen LogP contribution in [-0.2, 0) is 16.0 Å². The highest BCUT2D eigenvalue weighted by Gasteiger charge is 2.38. The Morgan fingerprint density at radius 2 is 1.92 bits per heavy atom. The minimum Gasteiger partial charge on any atom is -0.505 e. The highest BCUT2D eigenvalue weighted by Crippen LogP contribution is 2.22. The number of benzene rings is 1. The van der Waals surface area contributed by atoms with Crippen LogP contribution in [0.15, 0.2) is 48.3 Å². The Kier molecular flexibility index (Phi) is 4.37. The van der Waals surface area contributed by atoms with Gasteiger partial charge >= 0.3 is 0 Å². The summed E-state index contributed by atoms with van der Waals surface area (Å²) in [6.45, 7) is 1.76. The lowest BCUT2D eigenvalue weighted by Crippen LogP contribution is -2.29. The summed E-state index contributed by atoms with van der Waals surface area (Å²) in [6.07, 6.45) is 3.95. The predicted octanol–water partition coefficient (Wildman–Crippen LogP) is 1.75. The fraction of sp³-hybridized carbons (Fsp3) is 0.222. The zero-order chi connectivity index (χ0) is 17.1. The molecule has 6 nitrogen and oxygen atoms in total. The van der Waals surface area contributed by atoms with Crippen LogP contribution in [0.1, 0.15) is 23.4 Å². The molecule has 24 heavy (non-hydrogen) atoms. The molecule has 0 bridgehead atoms. The molecule has 0 spiro atoms. The Morgan fingerprint density at radius 1 is 1.17 bits per heavy atom. The monoisotopic (exact) mass is 323 g/mol. The lowest BCUT2D eigenvalue weighted by Gasteiger charge is -2.07. The molecule has 1 unspecified atom stereocenters. The van der Waals surface area contributed by atoms with E-state index in [0.29, 0.717) is 18.5 Å². The van der Waals surface area contributed by atoms with E-state index >= 15 is 0 Å². The summed E-state index contributed by atoms with van der Waals surface area (Å²) in [5, 5.41) is 12.9. The fourth-order valence-corrected chi connectivity index (χ4v) is 2.61. The van der Waals surface area contributed by atoms with Gasteiger partial charge in [0.15, 0.2) is 11.5 Å². The molecule has 1 saturated heterocycles. The van der Waals surface area contributed by atoms with Gasteiger partial charge in [-0.05, 0) is 25.3 Å². The maximum atomic E-state index is 12.5. The molecular formula is C18H17N3O3. The van der Waals surface area contributed by atoms with Crippen molar-refractivity contribution < 1.29 is 14.7 Å². The van der Waals surface area contributed by atoms with Gasteiger partial charge in [-0.2, -0.15) is 0 Å². The number of hydrogen-bond acceptors (Lipinski definition) is 5. The Bertz CT molecular complexity index is 798. The molecule has 1 aliphatic heterocycles. The first kappa shape index (κ1) is 15.9. The van der Waals surface area contributed by atoms with Gasteiger partial charge in [0.1, 0.15) is 11.3 Å². The number of aliphatic hydroxyl groups is 1. The van der Waals surface area contributed by atoms with E-state index in [1.807, 2.05) is 30.3 Å². The number of rotatable bonds is 4. The van der Waals surface area contributed by atoms with Crippen LogP contribution in [-0.4, -0.2) is 32.8 Å². The summed E-state index contributed by atoms with van der Waals surface area (Å²) in [5.74, 6) is -1.40. The van der Waals surface area contributed by atoms with Crippen molar-refractivity contribution in [3.8, 4) is 0 Å². The SMILES string of the molecule is Cc1cnc(C(O)=C2C(=O)NC(CCc3ccccc3)C2=O)cn1. The van der Waals surface area contributed by atoms with Crippen molar-refractivity contribution in [2.24, 2.45) is 0 Å². The number of carbonyl (C=O) groups excluding carboxylic acids is 2. The van der Waals surface area contributed by atoms with Crippen LogP contribution >= 0.6 is 0 Å². The molecule has 0 saturated carbocycles. The standard InChI is InChI=1S/C18H17N3O3/c1-11-9-20-14(10-19-11)17(23)15-16(22)13(21-18(15)24)8-7-12-5-3-2-4-6-12/h2-6,9-10,13,23H,7-8H2,1H3,(H,21,24). The van der Waals surface area contributed by atoms with E-state index in [1.54, 1.807) is 6.92 Å². The fourth-order valence-electron chi connectivity index (χ4n) is 2.61. The van der Waals surface area contributed by atoms with Gasteiger partial charge < -0.3 is 10.4 Å². The molecule has 1 atom stereocenters. The van der Waals surface area contributed by atoms with Crippen LogP contribution in [0.25, 0.3) is 5.76 Å². The first-order chi connectivity index (χ1) is 11.6. The number of ketones is 1. The van der Waals surface area contributed by atoms with Gasteiger partial charge in [-0.3, -0.25) is 14.6 Å². The van der Waals surface area contributed by atoms with Crippen molar-refractivity contribution in [2.45, 2.75) is 25.8 Å². The van der Waals surface area contributed by atoms with E-state index in [0.717, 1.165) is 5.56 Å². The normalized spacial score (nSPS) is 19.3. The first-order valence-corrected chi connectivity index (χ1v) is 7.67. The van der Waals surface area contributed by atoms with Gasteiger partial charge in [-0.1, -0.05) is 30.3 Å². The molecule has 1 aromatic heterocycles. The lowest BCUT2D eigenvalue weighted by molar-refractivity contribution is -0.117. The largest absolute Gasteiger partial charge is 0.505 e. The van der Waals surface area contributed by atoms with Crippen LogP contribution in [0.3, 0.4) is 0 Å². The number of aliphatic hydroxyl groups excluding tert-OH is 1. The van der Waals surface area contributed by atoms with Crippen LogP contribution in [0.4, 0.5) is 0 Å². The molecule has 2 heterocycles. The van der Waals surface area contributed by atoms with Crippen molar-refractivity contribution in [1.82, 2.24) is 15.3 Å². The van der Waals surface area contributed by atoms with Gasteiger partial charge in [0.2, 0.25) is 0 Å². The summed E-state index contributed by atoms with van der Waals surface area (Å²) in [5.41, 5.74) is 1.64. The minimum absolute atomic E-state index is 0.114. The zero-order valence-corrected chi connectivity index (χ0v) is 13.2. The molecule has 2 aromatic rings. The maximum absolute atomic E-state index is 12.5. The number of carbonyl (C=O) groups is 2. The number of aromatic nitrogens is 2. The van der Waals surface area contributed by atoms with Crippen molar-refractivity contribution >= 4 is 17.4 Å². The van der Waals surface area contributed by atoms with E-state index < -0.39 is 23.5 Å². The second-order valence-corrected chi connectivity index (χ2v) is 5.68. The van der Waals surface area contributed by atoms with Crippen molar-refractivity contribution in [3.05, 3.63) is 65.2 Å². The number of nitrogens with one attached hydrogen (secondary N) is 1. The van der Waals surface area contributed by atoms with Crippen LogP contribution < -0.4 is 5.32 Å². The predicted molar refractivity (Wildman–Crippen MR) is 88.0 cm³/mol. The number of nitrogens with zero attached hydrogens (tertiary/aromatic N) is 2. The van der Waals surface area contributed by atoms with Gasteiger partial charge in [0.25, 0.3) is 5.91 Å². The molecular weight excluding hydrogens is 306 g/mol. The van der Waals surface area contributed by atoms with Crippen molar-refractivity contribution in [2.75, 3.05) is 0 Å². The number of hydrogen-bond donors (Lipinski definition) is 2. The highest BCUT2D eigenvalue weighted by molar-refractivity contribution is 6.30. The molecule has 0 radical (unpaired) electrons. The third-order valence-corrected chi connectivity index (χ3v) is 3.92. The topological polar surface area (TPSA) is 92.2 Å². The second kappa shape index (κ2) is 6.62. The van der Waals surface area contributed by atoms with E-state index in [1.165, 1.54) is 12.4 Å². The highest BCUT2D eigenvalue weighted by atomic mass is 16.3. The Labute approximate surface area is 139 Å². The number of amides is 1. The van der Waals surface area contributed by atoms with E-state index in [9.17, 15) is 14.7 Å². The third-order valence-electron chi connectivity index (χ3n) is 3.92. The maximum Gasteiger partial charge on any atom is 0.259 e. The molecule has 122 valence electrons. The Hall–Kier alpha value is -3.02. The molecule has 1 amide bonds. The molecule has 2 N–H and O–H groups in total. The minimum atomic E-state index is -0.631. The van der Waals surface area contributed by atoms with Crippen LogP contribution in [0.2, 0.25) is 0 Å².